The molecule has 0 bridgehead atoms. The highest BCUT2D eigenvalue weighted by molar-refractivity contribution is 5.93. The number of esters is 1. The third-order valence-corrected chi connectivity index (χ3v) is 6.31. The third kappa shape index (κ3) is 3.94. The summed E-state index contributed by atoms with van der Waals surface area (Å²) in [5, 5.41) is 0. The van der Waals surface area contributed by atoms with Crippen LogP contribution in [0.4, 0.5) is 0 Å². The summed E-state index contributed by atoms with van der Waals surface area (Å²) in [5.74, 6) is -0.394. The zero-order chi connectivity index (χ0) is 21.6. The fraction of sp³-hybridized carbons (Fsp3) is 0.423. The maximum atomic E-state index is 13.0. The summed E-state index contributed by atoms with van der Waals surface area (Å²) in [6.45, 7) is 4.48. The van der Waals surface area contributed by atoms with Gasteiger partial charge in [-0.15, -0.1) is 0 Å². The summed E-state index contributed by atoms with van der Waals surface area (Å²) in [5.41, 5.74) is 4.71. The monoisotopic (exact) mass is 408 g/mol. The molecule has 0 saturated heterocycles. The minimum absolute atomic E-state index is 0.0906. The molecule has 160 valence electrons. The second kappa shape index (κ2) is 10.1. The van der Waals surface area contributed by atoms with Crippen LogP contribution in [0, 0.1) is 0 Å². The number of hydrogen-bond acceptors (Lipinski definition) is 4. The van der Waals surface area contributed by atoms with E-state index in [0.29, 0.717) is 5.57 Å². The Balaban J connectivity index is 2.36. The van der Waals surface area contributed by atoms with E-state index in [-0.39, 0.29) is 18.5 Å². The molecule has 2 unspecified atom stereocenters. The van der Waals surface area contributed by atoms with Crippen LogP contribution in [0.1, 0.15) is 62.1 Å². The van der Waals surface area contributed by atoms with Crippen molar-refractivity contribution in [3.05, 3.63) is 82.4 Å². The molecule has 0 aromatic heterocycles. The van der Waals surface area contributed by atoms with Crippen LogP contribution in [0.25, 0.3) is 0 Å². The Hall–Kier alpha value is -2.43. The maximum absolute atomic E-state index is 13.0. The van der Waals surface area contributed by atoms with Crippen LogP contribution in [0.3, 0.4) is 0 Å². The molecule has 2 atom stereocenters. The number of unbranched alkanes of at least 4 members (excludes halogenated alkanes) is 2. The van der Waals surface area contributed by atoms with Gasteiger partial charge in [-0.05, 0) is 28.7 Å². The average molecular weight is 409 g/mol. The van der Waals surface area contributed by atoms with Gasteiger partial charge in [-0.2, -0.15) is 0 Å². The molecule has 30 heavy (non-hydrogen) atoms. The quantitative estimate of drug-likeness (QED) is 0.230. The molecule has 0 N–H and O–H groups in total. The van der Waals surface area contributed by atoms with Crippen molar-refractivity contribution in [1.29, 1.82) is 0 Å². The summed E-state index contributed by atoms with van der Waals surface area (Å²) in [7, 11) is 2.94. The highest BCUT2D eigenvalue weighted by atomic mass is 17.2. The van der Waals surface area contributed by atoms with Gasteiger partial charge in [0.2, 0.25) is 0 Å². The summed E-state index contributed by atoms with van der Waals surface area (Å²) in [6, 6.07) is 18.9. The smallest absolute Gasteiger partial charge is 0.334 e. The van der Waals surface area contributed by atoms with Crippen molar-refractivity contribution in [2.45, 2.75) is 50.9 Å². The zero-order valence-corrected chi connectivity index (χ0v) is 18.4. The van der Waals surface area contributed by atoms with E-state index in [1.54, 1.807) is 0 Å². The summed E-state index contributed by atoms with van der Waals surface area (Å²) >= 11 is 0. The van der Waals surface area contributed by atoms with E-state index in [2.05, 4.69) is 56.3 Å². The first-order valence-electron chi connectivity index (χ1n) is 10.7. The molecular formula is C26H32O4. The molecule has 0 heterocycles. The number of fused-ring (bicyclic) bond motifs is 1. The van der Waals surface area contributed by atoms with Gasteiger partial charge in [0.1, 0.15) is 6.61 Å². The van der Waals surface area contributed by atoms with E-state index in [9.17, 15) is 4.79 Å². The molecule has 1 aliphatic rings. The largest absolute Gasteiger partial charge is 0.466 e. The van der Waals surface area contributed by atoms with Gasteiger partial charge >= 0.3 is 5.97 Å². The number of ether oxygens (including phenoxy) is 1. The van der Waals surface area contributed by atoms with Gasteiger partial charge in [-0.25, -0.2) is 14.6 Å². The van der Waals surface area contributed by atoms with Crippen LogP contribution >= 0.6 is 0 Å². The Kier molecular flexibility index (Phi) is 7.46. The minimum atomic E-state index is -0.471. The summed E-state index contributed by atoms with van der Waals surface area (Å²) in [6.07, 6.45) is 4.18. The van der Waals surface area contributed by atoms with E-state index < -0.39 is 5.41 Å². The topological polar surface area (TPSA) is 44.8 Å². The molecule has 0 fully saturated rings. The molecule has 2 aromatic rings. The van der Waals surface area contributed by atoms with Gasteiger partial charge in [0, 0.05) is 16.9 Å². The van der Waals surface area contributed by atoms with Gasteiger partial charge in [0.15, 0.2) is 0 Å². The van der Waals surface area contributed by atoms with E-state index >= 15 is 0 Å². The van der Waals surface area contributed by atoms with Crippen LogP contribution in [-0.4, -0.2) is 26.8 Å². The third-order valence-electron chi connectivity index (χ3n) is 6.31. The molecule has 4 heteroatoms. The van der Waals surface area contributed by atoms with Crippen LogP contribution in [0.15, 0.2) is 65.7 Å². The summed E-state index contributed by atoms with van der Waals surface area (Å²) in [4.78, 5) is 23.5. The lowest BCUT2D eigenvalue weighted by Crippen LogP contribution is -2.40. The predicted molar refractivity (Wildman–Crippen MR) is 118 cm³/mol. The van der Waals surface area contributed by atoms with Gasteiger partial charge in [-0.3, -0.25) is 0 Å². The van der Waals surface area contributed by atoms with E-state index in [0.717, 1.165) is 36.8 Å². The van der Waals surface area contributed by atoms with Crippen molar-refractivity contribution >= 4 is 5.97 Å². The first kappa shape index (κ1) is 22.3. The van der Waals surface area contributed by atoms with Crippen LogP contribution < -0.4 is 0 Å². The predicted octanol–water partition coefficient (Wildman–Crippen LogP) is 5.72. The lowest BCUT2D eigenvalue weighted by Gasteiger charge is -2.44. The molecule has 4 nitrogen and oxygen atoms in total. The number of methoxy groups -OCH3 is 1. The average Bonchev–Trinajstić information content (AvgIpc) is 2.79. The van der Waals surface area contributed by atoms with E-state index in [1.165, 1.54) is 25.3 Å². The molecule has 0 amide bonds. The van der Waals surface area contributed by atoms with E-state index in [4.69, 9.17) is 14.5 Å². The fourth-order valence-electron chi connectivity index (χ4n) is 4.92. The van der Waals surface area contributed by atoms with Crippen molar-refractivity contribution in [3.8, 4) is 0 Å². The summed E-state index contributed by atoms with van der Waals surface area (Å²) < 4.78 is 5.25. The number of rotatable bonds is 9. The number of benzene rings is 2. The SMILES string of the molecule is CCCCCC1(c2ccccc2)C(COOC)=C(C(=O)OC)C(C)c2ccccc21. The lowest BCUT2D eigenvalue weighted by molar-refractivity contribution is -0.266. The Morgan fingerprint density at radius 2 is 1.70 bits per heavy atom. The molecular weight excluding hydrogens is 376 g/mol. The van der Waals surface area contributed by atoms with Crippen molar-refractivity contribution < 1.29 is 19.3 Å². The van der Waals surface area contributed by atoms with Gasteiger partial charge < -0.3 is 4.74 Å². The second-order valence-corrected chi connectivity index (χ2v) is 7.85. The van der Waals surface area contributed by atoms with Crippen molar-refractivity contribution in [1.82, 2.24) is 0 Å². The lowest BCUT2D eigenvalue weighted by atomic mass is 9.58. The molecule has 0 aliphatic heterocycles. The van der Waals surface area contributed by atoms with Crippen molar-refractivity contribution in [3.63, 3.8) is 0 Å². The van der Waals surface area contributed by atoms with Crippen molar-refractivity contribution in [2.24, 2.45) is 0 Å². The van der Waals surface area contributed by atoms with Crippen molar-refractivity contribution in [2.75, 3.05) is 20.8 Å². The standard InChI is InChI=1S/C26H32O4/c1-5-6-12-17-26(20-13-8-7-9-14-20)22-16-11-10-15-21(22)19(2)24(25(27)28-3)23(26)18-30-29-4/h7-11,13-16,19H,5-6,12,17-18H2,1-4H3. The Morgan fingerprint density at radius 1 is 1.00 bits per heavy atom. The Labute approximate surface area is 179 Å². The number of hydrogen-bond donors (Lipinski definition) is 0. The number of carbonyl (C=O) groups is 1. The highest BCUT2D eigenvalue weighted by Crippen LogP contribution is 2.53. The molecule has 3 rings (SSSR count). The molecule has 0 spiro atoms. The first-order valence-corrected chi connectivity index (χ1v) is 10.7. The maximum Gasteiger partial charge on any atom is 0.334 e. The zero-order valence-electron chi connectivity index (χ0n) is 18.4. The minimum Gasteiger partial charge on any atom is -0.466 e. The van der Waals surface area contributed by atoms with E-state index in [1.807, 2.05) is 12.1 Å². The van der Waals surface area contributed by atoms with Crippen LogP contribution in [-0.2, 0) is 24.7 Å². The molecule has 2 aromatic carbocycles. The molecule has 0 saturated carbocycles. The molecule has 0 radical (unpaired) electrons. The van der Waals surface area contributed by atoms with Gasteiger partial charge in [-0.1, -0.05) is 87.7 Å². The normalized spacial score (nSPS) is 20.7. The Morgan fingerprint density at radius 3 is 2.37 bits per heavy atom. The molecule has 1 aliphatic carbocycles. The number of carbonyl (C=O) groups excluding carboxylic acids is 1. The highest BCUT2D eigenvalue weighted by Gasteiger charge is 2.47. The fourth-order valence-corrected chi connectivity index (χ4v) is 4.92. The van der Waals surface area contributed by atoms with Gasteiger partial charge in [0.05, 0.1) is 14.2 Å². The first-order chi connectivity index (χ1) is 14.6. The van der Waals surface area contributed by atoms with Crippen LogP contribution in [0.2, 0.25) is 0 Å². The van der Waals surface area contributed by atoms with Crippen LogP contribution in [0.5, 0.6) is 0 Å². The second-order valence-electron chi connectivity index (χ2n) is 7.85. The Bertz CT molecular complexity index is 887. The van der Waals surface area contributed by atoms with Gasteiger partial charge in [0.25, 0.3) is 0 Å².